The zero-order valence-corrected chi connectivity index (χ0v) is 11.9. The van der Waals surface area contributed by atoms with E-state index in [0.29, 0.717) is 12.3 Å². The molecular weight excluding hydrogens is 236 g/mol. The molecule has 0 aliphatic carbocycles. The Morgan fingerprint density at radius 3 is 2.58 bits per heavy atom. The van der Waals surface area contributed by atoms with Crippen molar-refractivity contribution in [3.8, 4) is 0 Å². The van der Waals surface area contributed by atoms with Gasteiger partial charge < -0.3 is 5.73 Å². The third-order valence-corrected chi connectivity index (χ3v) is 3.19. The maximum absolute atomic E-state index is 6.45. The summed E-state index contributed by atoms with van der Waals surface area (Å²) in [7, 11) is 0. The fraction of sp³-hybridized carbons (Fsp3) is 0.467. The van der Waals surface area contributed by atoms with Gasteiger partial charge in [0.05, 0.1) is 0 Å². The number of nitrogens with zero attached hydrogens (tertiary/aromatic N) is 3. The Bertz CT molecular complexity index is 514. The van der Waals surface area contributed by atoms with Gasteiger partial charge in [0.2, 0.25) is 0 Å². The monoisotopic (exact) mass is 258 g/mol. The molecule has 0 bridgehead atoms. The highest BCUT2D eigenvalue weighted by molar-refractivity contribution is 5.24. The van der Waals surface area contributed by atoms with Crippen LogP contribution in [0.25, 0.3) is 0 Å². The number of rotatable bonds is 5. The lowest BCUT2D eigenvalue weighted by Gasteiger charge is -2.25. The topological polar surface area (TPSA) is 56.7 Å². The summed E-state index contributed by atoms with van der Waals surface area (Å²) in [5, 5.41) is 4.28. The van der Waals surface area contributed by atoms with Gasteiger partial charge in [0, 0.05) is 18.5 Å². The van der Waals surface area contributed by atoms with Crippen LogP contribution < -0.4 is 5.73 Å². The van der Waals surface area contributed by atoms with E-state index < -0.39 is 5.54 Å². The molecule has 4 nitrogen and oxygen atoms in total. The highest BCUT2D eigenvalue weighted by Crippen LogP contribution is 2.21. The Morgan fingerprint density at radius 2 is 1.95 bits per heavy atom. The SMILES string of the molecule is CC(C)Cn1ncnc1CC(C)(N)c1ccccc1. The van der Waals surface area contributed by atoms with Crippen LogP contribution in [-0.4, -0.2) is 14.8 Å². The molecule has 0 amide bonds. The van der Waals surface area contributed by atoms with Gasteiger partial charge in [0.1, 0.15) is 12.2 Å². The summed E-state index contributed by atoms with van der Waals surface area (Å²) in [5.74, 6) is 1.49. The summed E-state index contributed by atoms with van der Waals surface area (Å²) in [4.78, 5) is 4.35. The van der Waals surface area contributed by atoms with E-state index in [-0.39, 0.29) is 0 Å². The van der Waals surface area contributed by atoms with Crippen LogP contribution in [0.2, 0.25) is 0 Å². The average molecular weight is 258 g/mol. The number of hydrogen-bond donors (Lipinski definition) is 1. The molecule has 0 aliphatic rings. The Morgan fingerprint density at radius 1 is 1.26 bits per heavy atom. The van der Waals surface area contributed by atoms with E-state index in [1.807, 2.05) is 29.8 Å². The lowest BCUT2D eigenvalue weighted by atomic mass is 9.89. The fourth-order valence-corrected chi connectivity index (χ4v) is 2.17. The lowest BCUT2D eigenvalue weighted by molar-refractivity contribution is 0.422. The Balaban J connectivity index is 2.19. The molecule has 0 fully saturated rings. The highest BCUT2D eigenvalue weighted by Gasteiger charge is 2.24. The predicted octanol–water partition coefficient (Wildman–Crippen LogP) is 2.35. The summed E-state index contributed by atoms with van der Waals surface area (Å²) in [5.41, 5.74) is 7.14. The first kappa shape index (κ1) is 13.7. The molecule has 4 heteroatoms. The van der Waals surface area contributed by atoms with Crippen molar-refractivity contribution in [2.24, 2.45) is 11.7 Å². The molecular formula is C15H22N4. The van der Waals surface area contributed by atoms with Crippen molar-refractivity contribution < 1.29 is 0 Å². The Labute approximate surface area is 114 Å². The van der Waals surface area contributed by atoms with Gasteiger partial charge >= 0.3 is 0 Å². The molecule has 19 heavy (non-hydrogen) atoms. The Hall–Kier alpha value is -1.68. The lowest BCUT2D eigenvalue weighted by Crippen LogP contribution is -2.36. The number of benzene rings is 1. The van der Waals surface area contributed by atoms with Gasteiger partial charge in [-0.3, -0.25) is 0 Å². The fourth-order valence-electron chi connectivity index (χ4n) is 2.17. The molecule has 1 aromatic heterocycles. The number of nitrogens with two attached hydrogens (primary N) is 1. The van der Waals surface area contributed by atoms with Crippen molar-refractivity contribution in [2.75, 3.05) is 0 Å². The van der Waals surface area contributed by atoms with Crippen molar-refractivity contribution in [3.05, 3.63) is 48.0 Å². The zero-order valence-electron chi connectivity index (χ0n) is 11.9. The second-order valence-electron chi connectivity index (χ2n) is 5.71. The molecule has 102 valence electrons. The van der Waals surface area contributed by atoms with Gasteiger partial charge in [-0.25, -0.2) is 9.67 Å². The first-order chi connectivity index (χ1) is 8.99. The third-order valence-electron chi connectivity index (χ3n) is 3.19. The van der Waals surface area contributed by atoms with Crippen LogP contribution in [0, 0.1) is 5.92 Å². The summed E-state index contributed by atoms with van der Waals surface area (Å²) >= 11 is 0. The minimum atomic E-state index is -0.428. The minimum Gasteiger partial charge on any atom is -0.321 e. The molecule has 1 heterocycles. The van der Waals surface area contributed by atoms with E-state index in [0.717, 1.165) is 17.9 Å². The maximum atomic E-state index is 6.45. The summed E-state index contributed by atoms with van der Waals surface area (Å²) in [6.07, 6.45) is 2.29. The smallest absolute Gasteiger partial charge is 0.138 e. The highest BCUT2D eigenvalue weighted by atomic mass is 15.3. The first-order valence-electron chi connectivity index (χ1n) is 6.70. The van der Waals surface area contributed by atoms with Crippen LogP contribution in [0.1, 0.15) is 32.2 Å². The maximum Gasteiger partial charge on any atom is 0.138 e. The van der Waals surface area contributed by atoms with E-state index in [2.05, 4.69) is 36.1 Å². The largest absolute Gasteiger partial charge is 0.321 e. The zero-order chi connectivity index (χ0) is 13.9. The van der Waals surface area contributed by atoms with Crippen LogP contribution in [0.4, 0.5) is 0 Å². The van der Waals surface area contributed by atoms with Gasteiger partial charge in [-0.15, -0.1) is 0 Å². The van der Waals surface area contributed by atoms with Crippen LogP contribution >= 0.6 is 0 Å². The van der Waals surface area contributed by atoms with Crippen LogP contribution in [0.5, 0.6) is 0 Å². The van der Waals surface area contributed by atoms with Crippen molar-refractivity contribution in [2.45, 2.75) is 39.3 Å². The van der Waals surface area contributed by atoms with Crippen molar-refractivity contribution >= 4 is 0 Å². The van der Waals surface area contributed by atoms with Crippen molar-refractivity contribution in [3.63, 3.8) is 0 Å². The Kier molecular flexibility index (Phi) is 4.00. The van der Waals surface area contributed by atoms with Gasteiger partial charge in [-0.05, 0) is 18.4 Å². The third kappa shape index (κ3) is 3.41. The average Bonchev–Trinajstić information content (AvgIpc) is 2.76. The van der Waals surface area contributed by atoms with E-state index >= 15 is 0 Å². The quantitative estimate of drug-likeness (QED) is 0.895. The van der Waals surface area contributed by atoms with Gasteiger partial charge in [-0.1, -0.05) is 44.2 Å². The second-order valence-corrected chi connectivity index (χ2v) is 5.71. The van der Waals surface area contributed by atoms with Crippen LogP contribution in [0.3, 0.4) is 0 Å². The normalized spacial score (nSPS) is 14.6. The molecule has 1 atom stereocenters. The number of aromatic nitrogens is 3. The number of hydrogen-bond acceptors (Lipinski definition) is 3. The molecule has 0 saturated heterocycles. The first-order valence-corrected chi connectivity index (χ1v) is 6.70. The van der Waals surface area contributed by atoms with Crippen LogP contribution in [-0.2, 0) is 18.5 Å². The molecule has 0 radical (unpaired) electrons. The van der Waals surface area contributed by atoms with Gasteiger partial charge in [0.15, 0.2) is 0 Å². The standard InChI is InChI=1S/C15H22N4/c1-12(2)10-19-14(17-11-18-19)9-15(3,16)13-7-5-4-6-8-13/h4-8,11-12H,9-10,16H2,1-3H3. The van der Waals surface area contributed by atoms with E-state index in [1.165, 1.54) is 0 Å². The molecule has 1 unspecified atom stereocenters. The summed E-state index contributed by atoms with van der Waals surface area (Å²) in [6, 6.07) is 10.1. The van der Waals surface area contributed by atoms with Gasteiger partial charge in [-0.2, -0.15) is 5.10 Å². The molecule has 2 rings (SSSR count). The van der Waals surface area contributed by atoms with Crippen LogP contribution in [0.15, 0.2) is 36.7 Å². The molecule has 0 aliphatic heterocycles. The molecule has 2 N–H and O–H groups in total. The van der Waals surface area contributed by atoms with E-state index in [1.54, 1.807) is 6.33 Å². The molecule has 1 aromatic carbocycles. The van der Waals surface area contributed by atoms with E-state index in [9.17, 15) is 0 Å². The van der Waals surface area contributed by atoms with Gasteiger partial charge in [0.25, 0.3) is 0 Å². The summed E-state index contributed by atoms with van der Waals surface area (Å²) < 4.78 is 1.96. The minimum absolute atomic E-state index is 0.428. The molecule has 0 saturated carbocycles. The predicted molar refractivity (Wildman–Crippen MR) is 76.5 cm³/mol. The molecule has 2 aromatic rings. The second kappa shape index (κ2) is 5.53. The van der Waals surface area contributed by atoms with E-state index in [4.69, 9.17) is 5.73 Å². The molecule has 0 spiro atoms. The van der Waals surface area contributed by atoms with Crippen molar-refractivity contribution in [1.29, 1.82) is 0 Å². The van der Waals surface area contributed by atoms with Crippen molar-refractivity contribution in [1.82, 2.24) is 14.8 Å². The summed E-state index contributed by atoms with van der Waals surface area (Å²) in [6.45, 7) is 7.26.